The lowest BCUT2D eigenvalue weighted by Gasteiger charge is -2.34. The fourth-order valence-corrected chi connectivity index (χ4v) is 4.40. The Hall–Kier alpha value is -1.33. The van der Waals surface area contributed by atoms with E-state index in [0.29, 0.717) is 11.4 Å². The van der Waals surface area contributed by atoms with Crippen LogP contribution in [0.3, 0.4) is 0 Å². The lowest BCUT2D eigenvalue weighted by Crippen LogP contribution is -2.45. The van der Waals surface area contributed by atoms with E-state index in [2.05, 4.69) is 11.9 Å². The molecule has 0 radical (unpaired) electrons. The summed E-state index contributed by atoms with van der Waals surface area (Å²) in [5, 5.41) is 3.30. The van der Waals surface area contributed by atoms with Crippen LogP contribution in [0.2, 0.25) is 0 Å². The number of hydrogen-bond donors (Lipinski definition) is 1. The second-order valence-electron chi connectivity index (χ2n) is 6.34. The maximum atomic E-state index is 12.9. The van der Waals surface area contributed by atoms with Gasteiger partial charge in [0.2, 0.25) is 10.0 Å². The highest BCUT2D eigenvalue weighted by atomic mass is 32.2. The molecule has 21 heavy (non-hydrogen) atoms. The van der Waals surface area contributed by atoms with Crippen molar-refractivity contribution in [3.63, 3.8) is 0 Å². The maximum absolute atomic E-state index is 12.9. The Morgan fingerprint density at radius 1 is 1.38 bits per heavy atom. The molecular formula is C16H24N2O2S. The highest BCUT2D eigenvalue weighted by Crippen LogP contribution is 2.29. The van der Waals surface area contributed by atoms with Gasteiger partial charge in [0.25, 0.3) is 0 Å². The summed E-state index contributed by atoms with van der Waals surface area (Å²) in [7, 11) is -3.52. The van der Waals surface area contributed by atoms with Crippen LogP contribution in [0.5, 0.6) is 0 Å². The van der Waals surface area contributed by atoms with Crippen LogP contribution in [0.15, 0.2) is 35.7 Å². The van der Waals surface area contributed by atoms with E-state index < -0.39 is 15.6 Å². The second-order valence-corrected chi connectivity index (χ2v) is 8.21. The molecule has 1 aliphatic heterocycles. The number of hydrogen-bond acceptors (Lipinski definition) is 3. The van der Waals surface area contributed by atoms with E-state index in [-0.39, 0.29) is 0 Å². The number of rotatable bonds is 4. The SMILES string of the molecule is C=CCN(C(C)(C)C)S(=O)(=O)c1ccc2c(c1)CCCN2. The maximum Gasteiger partial charge on any atom is 0.243 e. The van der Waals surface area contributed by atoms with E-state index in [0.717, 1.165) is 30.6 Å². The van der Waals surface area contributed by atoms with Crippen LogP contribution in [0.4, 0.5) is 5.69 Å². The standard InChI is InChI=1S/C16H24N2O2S/c1-5-11-18(16(2,3)4)21(19,20)14-8-9-15-13(12-14)7-6-10-17-15/h5,8-9,12,17H,1,6-7,10-11H2,2-4H3. The minimum atomic E-state index is -3.52. The Labute approximate surface area is 127 Å². The van der Waals surface area contributed by atoms with Gasteiger partial charge in [-0.2, -0.15) is 4.31 Å². The van der Waals surface area contributed by atoms with Crippen molar-refractivity contribution >= 4 is 15.7 Å². The van der Waals surface area contributed by atoms with E-state index in [1.807, 2.05) is 26.8 Å². The summed E-state index contributed by atoms with van der Waals surface area (Å²) >= 11 is 0. The van der Waals surface area contributed by atoms with Crippen LogP contribution in [0, 0.1) is 0 Å². The molecular weight excluding hydrogens is 284 g/mol. The van der Waals surface area contributed by atoms with Gasteiger partial charge in [0.15, 0.2) is 0 Å². The van der Waals surface area contributed by atoms with Gasteiger partial charge in [0.1, 0.15) is 0 Å². The van der Waals surface area contributed by atoms with Gasteiger partial charge in [-0.1, -0.05) is 6.08 Å². The molecule has 0 atom stereocenters. The monoisotopic (exact) mass is 308 g/mol. The Balaban J connectivity index is 2.45. The third kappa shape index (κ3) is 3.30. The largest absolute Gasteiger partial charge is 0.385 e. The molecule has 5 heteroatoms. The van der Waals surface area contributed by atoms with Crippen LogP contribution in [0.1, 0.15) is 32.8 Å². The van der Waals surface area contributed by atoms with Crippen molar-refractivity contribution in [1.82, 2.24) is 4.31 Å². The first-order chi connectivity index (χ1) is 9.76. The van der Waals surface area contributed by atoms with Gasteiger partial charge in [0, 0.05) is 24.3 Å². The molecule has 1 aliphatic rings. The number of nitrogens with zero attached hydrogens (tertiary/aromatic N) is 1. The minimum Gasteiger partial charge on any atom is -0.385 e. The Kier molecular flexibility index (Phi) is 4.44. The van der Waals surface area contributed by atoms with Crippen LogP contribution in [-0.4, -0.2) is 31.4 Å². The summed E-state index contributed by atoms with van der Waals surface area (Å²) in [6, 6.07) is 5.36. The molecule has 0 amide bonds. The summed E-state index contributed by atoms with van der Waals surface area (Å²) in [4.78, 5) is 0.363. The lowest BCUT2D eigenvalue weighted by molar-refractivity contribution is 0.270. The molecule has 0 saturated carbocycles. The van der Waals surface area contributed by atoms with Gasteiger partial charge in [0.05, 0.1) is 4.90 Å². The number of fused-ring (bicyclic) bond motifs is 1. The van der Waals surface area contributed by atoms with Crippen molar-refractivity contribution in [3.8, 4) is 0 Å². The topological polar surface area (TPSA) is 49.4 Å². The van der Waals surface area contributed by atoms with E-state index in [1.165, 1.54) is 4.31 Å². The first-order valence-corrected chi connectivity index (χ1v) is 8.71. The quantitative estimate of drug-likeness (QED) is 0.870. The van der Waals surface area contributed by atoms with E-state index in [1.54, 1.807) is 18.2 Å². The zero-order valence-electron chi connectivity index (χ0n) is 13.0. The molecule has 116 valence electrons. The normalized spacial score (nSPS) is 15.4. The van der Waals surface area contributed by atoms with Gasteiger partial charge in [-0.05, 0) is 57.4 Å². The third-order valence-corrected chi connectivity index (χ3v) is 5.77. The molecule has 4 nitrogen and oxygen atoms in total. The van der Waals surface area contributed by atoms with Crippen LogP contribution >= 0.6 is 0 Å². The van der Waals surface area contributed by atoms with E-state index >= 15 is 0 Å². The van der Waals surface area contributed by atoms with Gasteiger partial charge in [-0.25, -0.2) is 8.42 Å². The number of sulfonamides is 1. The Morgan fingerprint density at radius 2 is 2.10 bits per heavy atom. The second kappa shape index (κ2) is 5.81. The summed E-state index contributed by atoms with van der Waals surface area (Å²) in [5.74, 6) is 0. The predicted molar refractivity (Wildman–Crippen MR) is 87.1 cm³/mol. The van der Waals surface area contributed by atoms with Crippen molar-refractivity contribution < 1.29 is 8.42 Å². The molecule has 0 aromatic heterocycles. The van der Waals surface area contributed by atoms with Crippen molar-refractivity contribution in [1.29, 1.82) is 0 Å². The highest BCUT2D eigenvalue weighted by molar-refractivity contribution is 7.89. The molecule has 0 spiro atoms. The number of aryl methyl sites for hydroxylation is 1. The molecule has 2 rings (SSSR count). The summed E-state index contributed by atoms with van der Waals surface area (Å²) < 4.78 is 27.3. The molecule has 1 N–H and O–H groups in total. The van der Waals surface area contributed by atoms with Gasteiger partial charge < -0.3 is 5.32 Å². The summed E-state index contributed by atoms with van der Waals surface area (Å²) in [5.41, 5.74) is 1.64. The first kappa shape index (κ1) is 16.0. The van der Waals surface area contributed by atoms with E-state index in [4.69, 9.17) is 0 Å². The predicted octanol–water partition coefficient (Wildman–Crippen LogP) is 3.02. The Bertz CT molecular complexity index is 630. The number of anilines is 1. The molecule has 0 saturated heterocycles. The average molecular weight is 308 g/mol. The molecule has 1 aromatic carbocycles. The molecule has 0 aliphatic carbocycles. The molecule has 0 bridgehead atoms. The smallest absolute Gasteiger partial charge is 0.243 e. The fourth-order valence-electron chi connectivity index (χ4n) is 2.59. The third-order valence-electron chi connectivity index (χ3n) is 3.65. The molecule has 0 unspecified atom stereocenters. The van der Waals surface area contributed by atoms with Gasteiger partial charge in [-0.15, -0.1) is 6.58 Å². The van der Waals surface area contributed by atoms with E-state index in [9.17, 15) is 8.42 Å². The molecule has 0 fully saturated rings. The van der Waals surface area contributed by atoms with Crippen molar-refractivity contribution in [2.75, 3.05) is 18.4 Å². The van der Waals surface area contributed by atoms with Crippen LogP contribution in [0.25, 0.3) is 0 Å². The van der Waals surface area contributed by atoms with Crippen molar-refractivity contribution in [2.24, 2.45) is 0 Å². The summed E-state index contributed by atoms with van der Waals surface area (Å²) in [6.07, 6.45) is 3.58. The fraction of sp³-hybridized carbons (Fsp3) is 0.500. The molecule has 1 aromatic rings. The Morgan fingerprint density at radius 3 is 2.71 bits per heavy atom. The van der Waals surface area contributed by atoms with Crippen molar-refractivity contribution in [2.45, 2.75) is 44.0 Å². The lowest BCUT2D eigenvalue weighted by atomic mass is 10.0. The van der Waals surface area contributed by atoms with Gasteiger partial charge in [-0.3, -0.25) is 0 Å². The van der Waals surface area contributed by atoms with Gasteiger partial charge >= 0.3 is 0 Å². The van der Waals surface area contributed by atoms with Crippen molar-refractivity contribution in [3.05, 3.63) is 36.4 Å². The van der Waals surface area contributed by atoms with Crippen LogP contribution < -0.4 is 5.32 Å². The number of nitrogens with one attached hydrogen (secondary N) is 1. The zero-order chi connectivity index (χ0) is 15.7. The highest BCUT2D eigenvalue weighted by Gasteiger charge is 2.33. The molecule has 1 heterocycles. The first-order valence-electron chi connectivity index (χ1n) is 7.27. The minimum absolute atomic E-state index is 0.307. The summed E-state index contributed by atoms with van der Waals surface area (Å²) in [6.45, 7) is 10.6. The van der Waals surface area contributed by atoms with Crippen LogP contribution in [-0.2, 0) is 16.4 Å². The average Bonchev–Trinajstić information content (AvgIpc) is 2.42. The number of benzene rings is 1. The zero-order valence-corrected chi connectivity index (χ0v) is 13.8.